The number of methoxy groups -OCH3 is 1. The quantitative estimate of drug-likeness (QED) is 0.352. The number of halogens is 1. The molecule has 33 heavy (non-hydrogen) atoms. The molecule has 0 unspecified atom stereocenters. The zero-order valence-electron chi connectivity index (χ0n) is 19.2. The third-order valence-electron chi connectivity index (χ3n) is 5.11. The van der Waals surface area contributed by atoms with E-state index >= 15 is 0 Å². The molecule has 0 spiro atoms. The van der Waals surface area contributed by atoms with Gasteiger partial charge < -0.3 is 29.8 Å². The van der Waals surface area contributed by atoms with E-state index in [-0.39, 0.29) is 17.8 Å². The number of carbonyl (C=O) groups is 2. The van der Waals surface area contributed by atoms with Crippen molar-refractivity contribution in [2.45, 2.75) is 38.8 Å². The number of aromatic amines is 1. The summed E-state index contributed by atoms with van der Waals surface area (Å²) in [7, 11) is 3.61. The van der Waals surface area contributed by atoms with Gasteiger partial charge in [-0.15, -0.1) is 0 Å². The molecule has 2 aromatic heterocycles. The Morgan fingerprint density at radius 2 is 2.18 bits per heavy atom. The number of anilines is 1. The van der Waals surface area contributed by atoms with Gasteiger partial charge in [-0.1, -0.05) is 36.4 Å². The lowest BCUT2D eigenvalue weighted by Gasteiger charge is -2.37. The number of carbonyl (C=O) groups excluding carboxylic acids is 1. The number of carboxylic acids is 1. The summed E-state index contributed by atoms with van der Waals surface area (Å²) in [4.78, 5) is 34.9. The molecule has 182 valence electrons. The first-order valence-electron chi connectivity index (χ1n) is 10.5. The van der Waals surface area contributed by atoms with Gasteiger partial charge in [0.05, 0.1) is 18.4 Å². The number of nitrogens with zero attached hydrogens (tertiary/aromatic N) is 3. The molecule has 1 fully saturated rings. The first kappa shape index (κ1) is 26.8. The number of thiazole rings is 1. The third-order valence-corrected chi connectivity index (χ3v) is 6.58. The molecule has 0 bridgehead atoms. The van der Waals surface area contributed by atoms with Gasteiger partial charge in [0, 0.05) is 26.2 Å². The molecule has 2 aromatic rings. The van der Waals surface area contributed by atoms with Crippen LogP contribution >= 0.6 is 22.9 Å². The van der Waals surface area contributed by atoms with Gasteiger partial charge in [0.15, 0.2) is 28.1 Å². The zero-order valence-corrected chi connectivity index (χ0v) is 20.8. The molecule has 1 aliphatic rings. The van der Waals surface area contributed by atoms with Gasteiger partial charge in [0.1, 0.15) is 10.6 Å². The summed E-state index contributed by atoms with van der Waals surface area (Å²) in [6, 6.07) is 0.285. The topological polar surface area (TPSA) is 130 Å². The summed E-state index contributed by atoms with van der Waals surface area (Å²) in [6.45, 7) is 9.46. The minimum absolute atomic E-state index is 0.00634. The molecule has 3 N–H and O–H groups in total. The molecule has 3 heterocycles. The van der Waals surface area contributed by atoms with E-state index in [0.29, 0.717) is 46.2 Å². The number of piperidine rings is 1. The van der Waals surface area contributed by atoms with Crippen LogP contribution in [0.5, 0.6) is 0 Å². The Labute approximate surface area is 202 Å². The SMILES string of the molecule is C=C(OCC)c1sc(N2CC[C@@H](NC)[C@@H](OC)C2)nc1C(=O)O.CCc1[nH]c(C=O)nc1Cl. The van der Waals surface area contributed by atoms with E-state index in [1.807, 2.05) is 20.9 Å². The van der Waals surface area contributed by atoms with Crippen LogP contribution in [0.25, 0.3) is 5.76 Å². The largest absolute Gasteiger partial charge is 0.493 e. The number of aldehydes is 1. The highest BCUT2D eigenvalue weighted by Crippen LogP contribution is 2.33. The van der Waals surface area contributed by atoms with Gasteiger partial charge in [0.25, 0.3) is 0 Å². The van der Waals surface area contributed by atoms with Gasteiger partial charge in [-0.2, -0.15) is 0 Å². The molecule has 0 aliphatic carbocycles. The van der Waals surface area contributed by atoms with E-state index in [1.165, 1.54) is 11.3 Å². The Morgan fingerprint density at radius 1 is 1.45 bits per heavy atom. The second-order valence-electron chi connectivity index (χ2n) is 7.10. The molecule has 1 aliphatic heterocycles. The van der Waals surface area contributed by atoms with Crippen LogP contribution in [-0.4, -0.2) is 78.3 Å². The van der Waals surface area contributed by atoms with E-state index in [1.54, 1.807) is 7.11 Å². The van der Waals surface area contributed by atoms with E-state index in [0.717, 1.165) is 25.1 Å². The average Bonchev–Trinajstić information content (AvgIpc) is 3.43. The van der Waals surface area contributed by atoms with E-state index in [4.69, 9.17) is 21.1 Å². The summed E-state index contributed by atoms with van der Waals surface area (Å²) in [5.74, 6) is -0.430. The summed E-state index contributed by atoms with van der Waals surface area (Å²) in [5.41, 5.74) is 0.803. The van der Waals surface area contributed by atoms with Crippen LogP contribution in [0.2, 0.25) is 5.15 Å². The van der Waals surface area contributed by atoms with Gasteiger partial charge >= 0.3 is 5.97 Å². The van der Waals surface area contributed by atoms with Gasteiger partial charge in [0.2, 0.25) is 0 Å². The average molecular weight is 500 g/mol. The fourth-order valence-corrected chi connectivity index (χ4v) is 4.66. The van der Waals surface area contributed by atoms with Crippen molar-refractivity contribution in [2.75, 3.05) is 38.8 Å². The maximum absolute atomic E-state index is 11.4. The summed E-state index contributed by atoms with van der Waals surface area (Å²) >= 11 is 6.92. The maximum atomic E-state index is 11.4. The second-order valence-corrected chi connectivity index (χ2v) is 8.44. The Morgan fingerprint density at radius 3 is 2.67 bits per heavy atom. The Bertz CT molecular complexity index is 963. The number of hydrogen-bond acceptors (Lipinski definition) is 9. The Hall–Kier alpha value is -2.47. The molecule has 0 amide bonds. The number of H-pyrrole nitrogens is 1. The number of nitrogens with one attached hydrogen (secondary N) is 2. The smallest absolute Gasteiger partial charge is 0.356 e. The molecular formula is C21H30ClN5O5S. The van der Waals surface area contributed by atoms with Crippen LogP contribution in [0, 0.1) is 0 Å². The molecular weight excluding hydrogens is 470 g/mol. The number of hydrogen-bond donors (Lipinski definition) is 3. The molecule has 12 heteroatoms. The molecule has 0 aromatic carbocycles. The lowest BCUT2D eigenvalue weighted by Crippen LogP contribution is -2.52. The molecule has 10 nitrogen and oxygen atoms in total. The number of aromatic carboxylic acids is 1. The van der Waals surface area contributed by atoms with Crippen LogP contribution in [0.4, 0.5) is 5.13 Å². The van der Waals surface area contributed by atoms with E-state index in [9.17, 15) is 14.7 Å². The van der Waals surface area contributed by atoms with E-state index in [2.05, 4.69) is 31.7 Å². The first-order valence-corrected chi connectivity index (χ1v) is 11.7. The van der Waals surface area contributed by atoms with Gasteiger partial charge in [-0.3, -0.25) is 4.79 Å². The monoisotopic (exact) mass is 499 g/mol. The summed E-state index contributed by atoms with van der Waals surface area (Å²) in [6.07, 6.45) is 2.34. The highest BCUT2D eigenvalue weighted by molar-refractivity contribution is 7.16. The van der Waals surface area contributed by atoms with Gasteiger partial charge in [-0.05, 0) is 26.8 Å². The third kappa shape index (κ3) is 6.76. The zero-order chi connectivity index (χ0) is 24.5. The predicted molar refractivity (Wildman–Crippen MR) is 129 cm³/mol. The minimum Gasteiger partial charge on any atom is -0.493 e. The number of aryl methyl sites for hydroxylation is 1. The number of carboxylic acid groups (broad SMARTS) is 1. The van der Waals surface area contributed by atoms with Crippen molar-refractivity contribution in [1.82, 2.24) is 20.3 Å². The Balaban J connectivity index is 0.000000321. The number of imidazole rings is 1. The number of likely N-dealkylation sites (N-methyl/N-ethyl adjacent to an activating group) is 1. The number of rotatable bonds is 9. The predicted octanol–water partition coefficient (Wildman–Crippen LogP) is 3.10. The fourth-order valence-electron chi connectivity index (χ4n) is 3.37. The summed E-state index contributed by atoms with van der Waals surface area (Å²) < 4.78 is 10.9. The molecule has 3 rings (SSSR count). The standard InChI is InChI=1S/C15H23N3O4S.C6H7ClN2O/c1-5-22-9(2)13-12(14(19)20)17-15(23-13)18-7-6-10(16-3)11(8-18)21-4;1-2-4-6(7)9-5(3-10)8-4/h10-11,16H,2,5-8H2,1,3-4H3,(H,19,20);3H,2H2,1H3,(H,8,9)/t10-,11+;/m1./s1. The van der Waals surface area contributed by atoms with Crippen LogP contribution in [0.3, 0.4) is 0 Å². The van der Waals surface area contributed by atoms with Crippen molar-refractivity contribution >= 4 is 46.1 Å². The van der Waals surface area contributed by atoms with Crippen molar-refractivity contribution in [3.05, 3.63) is 33.8 Å². The lowest BCUT2D eigenvalue weighted by atomic mass is 10.0. The summed E-state index contributed by atoms with van der Waals surface area (Å²) in [5, 5.41) is 13.7. The van der Waals surface area contributed by atoms with Crippen molar-refractivity contribution in [1.29, 1.82) is 0 Å². The molecule has 0 saturated carbocycles. The molecule has 0 radical (unpaired) electrons. The van der Waals surface area contributed by atoms with Crippen molar-refractivity contribution in [3.8, 4) is 0 Å². The highest BCUT2D eigenvalue weighted by atomic mass is 35.5. The normalized spacial score (nSPS) is 17.8. The van der Waals surface area contributed by atoms with Crippen LogP contribution < -0.4 is 10.2 Å². The molecule has 1 saturated heterocycles. The van der Waals surface area contributed by atoms with Crippen molar-refractivity contribution < 1.29 is 24.2 Å². The van der Waals surface area contributed by atoms with Crippen LogP contribution in [0.1, 0.15) is 51.9 Å². The number of ether oxygens (including phenoxy) is 2. The lowest BCUT2D eigenvalue weighted by molar-refractivity contribution is 0.0628. The maximum Gasteiger partial charge on any atom is 0.356 e. The highest BCUT2D eigenvalue weighted by Gasteiger charge is 2.31. The minimum atomic E-state index is -1.07. The first-order chi connectivity index (χ1) is 15.8. The Kier molecular flexibility index (Phi) is 10.3. The van der Waals surface area contributed by atoms with Crippen molar-refractivity contribution in [3.63, 3.8) is 0 Å². The fraction of sp³-hybridized carbons (Fsp3) is 0.524. The molecule has 2 atom stereocenters. The van der Waals surface area contributed by atoms with Crippen LogP contribution in [-0.2, 0) is 15.9 Å². The van der Waals surface area contributed by atoms with Gasteiger partial charge in [-0.25, -0.2) is 14.8 Å². The van der Waals surface area contributed by atoms with E-state index < -0.39 is 5.97 Å². The van der Waals surface area contributed by atoms with Crippen molar-refractivity contribution in [2.24, 2.45) is 0 Å². The second kappa shape index (κ2) is 12.7. The van der Waals surface area contributed by atoms with Crippen LogP contribution in [0.15, 0.2) is 6.58 Å². The number of aromatic nitrogens is 3.